The van der Waals surface area contributed by atoms with Crippen molar-refractivity contribution in [1.82, 2.24) is 5.32 Å². The molecule has 0 aromatic heterocycles. The number of thioether (sulfide) groups is 1. The molecule has 108 valence electrons. The van der Waals surface area contributed by atoms with Gasteiger partial charge in [0, 0.05) is 19.5 Å². The summed E-state index contributed by atoms with van der Waals surface area (Å²) in [5, 5.41) is 3.53. The fourth-order valence-electron chi connectivity index (χ4n) is 1.42. The number of hydrogen-bond donors (Lipinski definition) is 1. The molecule has 4 nitrogen and oxygen atoms in total. The number of amides is 1. The molecule has 0 saturated heterocycles. The summed E-state index contributed by atoms with van der Waals surface area (Å²) < 4.78 is 0. The van der Waals surface area contributed by atoms with Crippen LogP contribution in [0.5, 0.6) is 0 Å². The molecular formula is C14H23NO3S. The van der Waals surface area contributed by atoms with Gasteiger partial charge in [0.25, 0.3) is 5.12 Å². The highest BCUT2D eigenvalue weighted by molar-refractivity contribution is 8.17. The molecule has 5 heteroatoms. The maximum Gasteiger partial charge on any atom is 0.258 e. The first-order chi connectivity index (χ1) is 9.07. The average Bonchev–Trinajstić information content (AvgIpc) is 2.37. The molecule has 0 rings (SSSR count). The molecule has 0 bridgehead atoms. The van der Waals surface area contributed by atoms with Crippen LogP contribution >= 0.6 is 11.8 Å². The molecule has 0 aromatic rings. The number of unbranched alkanes of at least 4 members (excludes halogenated alkanes) is 5. The maximum absolute atomic E-state index is 11.3. The van der Waals surface area contributed by atoms with Crippen molar-refractivity contribution in [3.63, 3.8) is 0 Å². The fourth-order valence-corrected chi connectivity index (χ4v) is 1.90. The van der Waals surface area contributed by atoms with Crippen LogP contribution in [0.4, 0.5) is 0 Å². The number of hydrogen-bond acceptors (Lipinski definition) is 4. The zero-order chi connectivity index (χ0) is 14.5. The summed E-state index contributed by atoms with van der Waals surface area (Å²) >= 11 is 0.736. The average molecular weight is 285 g/mol. The van der Waals surface area contributed by atoms with Gasteiger partial charge in [0.1, 0.15) is 0 Å². The van der Waals surface area contributed by atoms with E-state index >= 15 is 0 Å². The molecule has 0 atom stereocenters. The molecule has 0 radical (unpaired) electrons. The van der Waals surface area contributed by atoms with E-state index < -0.39 is 10.9 Å². The van der Waals surface area contributed by atoms with Crippen molar-refractivity contribution < 1.29 is 14.4 Å². The predicted octanol–water partition coefficient (Wildman–Crippen LogP) is 2.83. The Kier molecular flexibility index (Phi) is 11.3. The van der Waals surface area contributed by atoms with Gasteiger partial charge in [0.2, 0.25) is 11.7 Å². The largest absolute Gasteiger partial charge is 0.353 e. The summed E-state index contributed by atoms with van der Waals surface area (Å²) in [5.41, 5.74) is 0. The van der Waals surface area contributed by atoms with Crippen molar-refractivity contribution >= 4 is 28.6 Å². The summed E-state index contributed by atoms with van der Waals surface area (Å²) in [6.07, 6.45) is 8.36. The maximum atomic E-state index is 11.3. The lowest BCUT2D eigenvalue weighted by Crippen LogP contribution is -2.22. The number of nitrogens with one attached hydrogen (secondary N) is 1. The number of Topliss-reactive ketones (excluding diaryl/α,β-unsaturated/α-hetero) is 1. The third-order valence-corrected chi connectivity index (χ3v) is 3.29. The van der Waals surface area contributed by atoms with Crippen LogP contribution < -0.4 is 5.32 Å². The van der Waals surface area contributed by atoms with E-state index in [1.807, 2.05) is 0 Å². The summed E-state index contributed by atoms with van der Waals surface area (Å²) in [7, 11) is 0. The molecule has 1 N–H and O–H groups in total. The van der Waals surface area contributed by atoms with Crippen molar-refractivity contribution in [2.24, 2.45) is 0 Å². The van der Waals surface area contributed by atoms with Crippen molar-refractivity contribution in [2.45, 2.75) is 52.4 Å². The SMILES string of the molecule is CCCCCCCCNC(=O)C=CSC(=O)C(C)=O. The first kappa shape index (κ1) is 17.9. The highest BCUT2D eigenvalue weighted by atomic mass is 32.2. The topological polar surface area (TPSA) is 63.2 Å². The van der Waals surface area contributed by atoms with E-state index in [4.69, 9.17) is 0 Å². The monoisotopic (exact) mass is 285 g/mol. The Labute approximate surface area is 119 Å². The predicted molar refractivity (Wildman–Crippen MR) is 78.8 cm³/mol. The smallest absolute Gasteiger partial charge is 0.258 e. The zero-order valence-corrected chi connectivity index (χ0v) is 12.6. The summed E-state index contributed by atoms with van der Waals surface area (Å²) in [5.74, 6) is -0.737. The van der Waals surface area contributed by atoms with Crippen LogP contribution in [-0.4, -0.2) is 23.4 Å². The Morgan fingerprint density at radius 2 is 1.68 bits per heavy atom. The molecule has 0 aliphatic rings. The fraction of sp³-hybridized carbons (Fsp3) is 0.643. The Bertz CT molecular complexity index is 327. The van der Waals surface area contributed by atoms with Crippen LogP contribution in [0.15, 0.2) is 11.5 Å². The van der Waals surface area contributed by atoms with Crippen LogP contribution in [0.3, 0.4) is 0 Å². The lowest BCUT2D eigenvalue weighted by Gasteiger charge is -2.02. The summed E-state index contributed by atoms with van der Waals surface area (Å²) in [6.45, 7) is 4.05. The third-order valence-electron chi connectivity index (χ3n) is 2.51. The van der Waals surface area contributed by atoms with Gasteiger partial charge < -0.3 is 5.32 Å². The summed E-state index contributed by atoms with van der Waals surface area (Å²) in [4.78, 5) is 32.9. The molecule has 0 aromatic carbocycles. The van der Waals surface area contributed by atoms with Gasteiger partial charge in [-0.25, -0.2) is 0 Å². The second-order valence-corrected chi connectivity index (χ2v) is 5.20. The van der Waals surface area contributed by atoms with Gasteiger partial charge in [0.15, 0.2) is 0 Å². The molecule has 0 heterocycles. The highest BCUT2D eigenvalue weighted by Crippen LogP contribution is 2.05. The van der Waals surface area contributed by atoms with E-state index in [2.05, 4.69) is 12.2 Å². The standard InChI is InChI=1S/C14H23NO3S/c1-3-4-5-6-7-8-10-15-13(17)9-11-19-14(18)12(2)16/h9,11H,3-8,10H2,1-2H3,(H,15,17). The second kappa shape index (κ2) is 12.0. The molecule has 0 spiro atoms. The molecule has 0 fully saturated rings. The van der Waals surface area contributed by atoms with Crippen molar-refractivity contribution in [3.05, 3.63) is 11.5 Å². The zero-order valence-electron chi connectivity index (χ0n) is 11.7. The molecule has 0 aliphatic heterocycles. The van der Waals surface area contributed by atoms with Crippen LogP contribution in [0.2, 0.25) is 0 Å². The normalized spacial score (nSPS) is 10.6. The Balaban J connectivity index is 3.51. The number of rotatable bonds is 10. The van der Waals surface area contributed by atoms with Crippen LogP contribution in [0.1, 0.15) is 52.4 Å². The van der Waals surface area contributed by atoms with Crippen molar-refractivity contribution in [1.29, 1.82) is 0 Å². The molecule has 0 unspecified atom stereocenters. The van der Waals surface area contributed by atoms with Crippen LogP contribution in [0, 0.1) is 0 Å². The molecule has 0 saturated carbocycles. The van der Waals surface area contributed by atoms with Crippen LogP contribution in [0.25, 0.3) is 0 Å². The molecule has 1 amide bonds. The minimum Gasteiger partial charge on any atom is -0.353 e. The first-order valence-electron chi connectivity index (χ1n) is 6.73. The van der Waals surface area contributed by atoms with Gasteiger partial charge in [-0.05, 0) is 11.8 Å². The second-order valence-electron chi connectivity index (χ2n) is 4.32. The van der Waals surface area contributed by atoms with Crippen molar-refractivity contribution in [3.8, 4) is 0 Å². The van der Waals surface area contributed by atoms with E-state index in [1.165, 1.54) is 44.1 Å². The summed E-state index contributed by atoms with van der Waals surface area (Å²) in [6, 6.07) is 0. The molecular weight excluding hydrogens is 262 g/mol. The number of carbonyl (C=O) groups is 3. The Morgan fingerprint density at radius 1 is 1.05 bits per heavy atom. The number of ketones is 1. The number of carbonyl (C=O) groups excluding carboxylic acids is 3. The van der Waals surface area contributed by atoms with Gasteiger partial charge in [-0.15, -0.1) is 0 Å². The third kappa shape index (κ3) is 11.7. The van der Waals surface area contributed by atoms with E-state index in [1.54, 1.807) is 0 Å². The highest BCUT2D eigenvalue weighted by Gasteiger charge is 2.05. The Morgan fingerprint density at radius 3 is 2.32 bits per heavy atom. The van der Waals surface area contributed by atoms with Crippen LogP contribution in [-0.2, 0) is 14.4 Å². The lowest BCUT2D eigenvalue weighted by molar-refractivity contribution is -0.130. The molecule has 0 aliphatic carbocycles. The van der Waals surface area contributed by atoms with E-state index in [-0.39, 0.29) is 5.91 Å². The quantitative estimate of drug-likeness (QED) is 0.381. The Hall–Kier alpha value is -1.10. The van der Waals surface area contributed by atoms with Gasteiger partial charge in [-0.2, -0.15) is 0 Å². The van der Waals surface area contributed by atoms with Gasteiger partial charge >= 0.3 is 0 Å². The van der Waals surface area contributed by atoms with E-state index in [9.17, 15) is 14.4 Å². The van der Waals surface area contributed by atoms with Crippen molar-refractivity contribution in [2.75, 3.05) is 6.54 Å². The van der Waals surface area contributed by atoms with Gasteiger partial charge in [-0.3, -0.25) is 14.4 Å². The minimum absolute atomic E-state index is 0.225. The van der Waals surface area contributed by atoms with Gasteiger partial charge in [-0.1, -0.05) is 50.8 Å². The first-order valence-corrected chi connectivity index (χ1v) is 7.61. The minimum atomic E-state index is -0.556. The van der Waals surface area contributed by atoms with Gasteiger partial charge in [0.05, 0.1) is 0 Å². The molecule has 19 heavy (non-hydrogen) atoms. The lowest BCUT2D eigenvalue weighted by atomic mass is 10.1. The van der Waals surface area contributed by atoms with E-state index in [0.29, 0.717) is 6.54 Å². The van der Waals surface area contributed by atoms with E-state index in [0.717, 1.165) is 24.6 Å².